The van der Waals surface area contributed by atoms with E-state index in [4.69, 9.17) is 0 Å². The fourth-order valence-corrected chi connectivity index (χ4v) is 2.37. The van der Waals surface area contributed by atoms with Crippen LogP contribution in [0.1, 0.15) is 29.0 Å². The molecule has 3 heterocycles. The van der Waals surface area contributed by atoms with Crippen LogP contribution in [0.2, 0.25) is 0 Å². The van der Waals surface area contributed by atoms with Gasteiger partial charge in [0.1, 0.15) is 0 Å². The number of H-pyrrole nitrogens is 1. The van der Waals surface area contributed by atoms with E-state index >= 15 is 0 Å². The van der Waals surface area contributed by atoms with E-state index in [1.54, 1.807) is 19.1 Å². The fraction of sp³-hybridized carbons (Fsp3) is 0.357. The maximum absolute atomic E-state index is 12.1. The summed E-state index contributed by atoms with van der Waals surface area (Å²) in [6.45, 7) is 3.61. The Balaban J connectivity index is 1.73. The molecule has 0 aromatic carbocycles. The predicted molar refractivity (Wildman–Crippen MR) is 81.0 cm³/mol. The molecular formula is C14H16N6O2. The second-order valence-corrected chi connectivity index (χ2v) is 5.16. The van der Waals surface area contributed by atoms with Crippen molar-refractivity contribution in [3.63, 3.8) is 0 Å². The highest BCUT2D eigenvalue weighted by Gasteiger charge is 2.15. The highest BCUT2D eigenvalue weighted by Crippen LogP contribution is 2.16. The number of hydrogen-bond acceptors (Lipinski definition) is 6. The van der Waals surface area contributed by atoms with Crippen LogP contribution in [0, 0.1) is 6.92 Å². The van der Waals surface area contributed by atoms with Gasteiger partial charge in [-0.15, -0.1) is 10.2 Å². The van der Waals surface area contributed by atoms with Gasteiger partial charge in [0, 0.05) is 24.8 Å². The smallest absolute Gasteiger partial charge is 0.278 e. The summed E-state index contributed by atoms with van der Waals surface area (Å²) in [5.74, 6) is 0.408. The quantitative estimate of drug-likeness (QED) is 0.865. The molecule has 1 aliphatic rings. The molecule has 0 bridgehead atoms. The van der Waals surface area contributed by atoms with Crippen LogP contribution < -0.4 is 15.8 Å². The summed E-state index contributed by atoms with van der Waals surface area (Å²) in [7, 11) is 0. The average molecular weight is 300 g/mol. The van der Waals surface area contributed by atoms with Crippen molar-refractivity contribution in [2.45, 2.75) is 19.8 Å². The maximum atomic E-state index is 12.1. The molecule has 1 amide bonds. The fourth-order valence-electron chi connectivity index (χ4n) is 2.37. The van der Waals surface area contributed by atoms with E-state index in [2.05, 4.69) is 30.4 Å². The van der Waals surface area contributed by atoms with Crippen molar-refractivity contribution in [3.05, 3.63) is 39.9 Å². The summed E-state index contributed by atoms with van der Waals surface area (Å²) >= 11 is 0. The van der Waals surface area contributed by atoms with Gasteiger partial charge < -0.3 is 4.90 Å². The van der Waals surface area contributed by atoms with Crippen molar-refractivity contribution in [2.75, 3.05) is 23.3 Å². The molecule has 0 unspecified atom stereocenters. The number of nitrogens with zero attached hydrogens (tertiary/aromatic N) is 4. The number of hydrogen-bond donors (Lipinski definition) is 2. The van der Waals surface area contributed by atoms with Crippen molar-refractivity contribution in [3.8, 4) is 0 Å². The molecule has 3 rings (SSSR count). The summed E-state index contributed by atoms with van der Waals surface area (Å²) in [6, 6.07) is 4.74. The second-order valence-electron chi connectivity index (χ2n) is 5.16. The predicted octanol–water partition coefficient (Wildman–Crippen LogP) is 0.721. The number of amides is 1. The van der Waals surface area contributed by atoms with Gasteiger partial charge in [-0.3, -0.25) is 19.9 Å². The first kappa shape index (κ1) is 14.2. The normalized spacial score (nSPS) is 14.1. The Labute approximate surface area is 126 Å². The molecule has 8 heteroatoms. The van der Waals surface area contributed by atoms with Crippen LogP contribution in [0.3, 0.4) is 0 Å². The Hall–Kier alpha value is -2.77. The SMILES string of the molecule is Cc1cc(=O)[nH]c(NC(=O)c2ccc(N3CCCC3)nn2)n1. The van der Waals surface area contributed by atoms with Gasteiger partial charge in [-0.1, -0.05) is 0 Å². The summed E-state index contributed by atoms with van der Waals surface area (Å²) in [5.41, 5.74) is 0.375. The summed E-state index contributed by atoms with van der Waals surface area (Å²) in [6.07, 6.45) is 2.30. The Bertz CT molecular complexity index is 734. The summed E-state index contributed by atoms with van der Waals surface area (Å²) in [5, 5.41) is 10.5. The van der Waals surface area contributed by atoms with Gasteiger partial charge in [0.15, 0.2) is 11.5 Å². The largest absolute Gasteiger partial charge is 0.355 e. The lowest BCUT2D eigenvalue weighted by molar-refractivity contribution is 0.102. The summed E-state index contributed by atoms with van der Waals surface area (Å²) in [4.78, 5) is 32.0. The molecule has 1 saturated heterocycles. The highest BCUT2D eigenvalue weighted by atomic mass is 16.2. The first-order chi connectivity index (χ1) is 10.6. The van der Waals surface area contributed by atoms with E-state index in [-0.39, 0.29) is 17.2 Å². The lowest BCUT2D eigenvalue weighted by atomic mass is 10.3. The molecule has 0 saturated carbocycles. The van der Waals surface area contributed by atoms with Gasteiger partial charge in [-0.25, -0.2) is 4.98 Å². The topological polar surface area (TPSA) is 104 Å². The van der Waals surface area contributed by atoms with Gasteiger partial charge >= 0.3 is 0 Å². The lowest BCUT2D eigenvalue weighted by Gasteiger charge is -2.15. The number of aromatic amines is 1. The third kappa shape index (κ3) is 3.11. The Morgan fingerprint density at radius 2 is 2.05 bits per heavy atom. The molecule has 0 aliphatic carbocycles. The number of aromatic nitrogens is 4. The molecule has 1 fully saturated rings. The van der Waals surface area contributed by atoms with E-state index in [0.29, 0.717) is 5.69 Å². The van der Waals surface area contributed by atoms with Gasteiger partial charge in [0.2, 0.25) is 5.95 Å². The molecule has 0 spiro atoms. The first-order valence-electron chi connectivity index (χ1n) is 7.10. The van der Waals surface area contributed by atoms with E-state index in [9.17, 15) is 9.59 Å². The van der Waals surface area contributed by atoms with Crippen molar-refractivity contribution in [2.24, 2.45) is 0 Å². The number of anilines is 2. The van der Waals surface area contributed by atoms with E-state index in [0.717, 1.165) is 31.7 Å². The molecular weight excluding hydrogens is 284 g/mol. The molecule has 2 aromatic rings. The monoisotopic (exact) mass is 300 g/mol. The Morgan fingerprint density at radius 3 is 2.68 bits per heavy atom. The minimum atomic E-state index is -0.464. The molecule has 0 radical (unpaired) electrons. The molecule has 8 nitrogen and oxygen atoms in total. The second kappa shape index (κ2) is 5.92. The molecule has 1 aliphatic heterocycles. The molecule has 114 valence electrons. The van der Waals surface area contributed by atoms with E-state index in [1.807, 2.05) is 0 Å². The molecule has 0 atom stereocenters. The van der Waals surface area contributed by atoms with Crippen LogP contribution >= 0.6 is 0 Å². The lowest BCUT2D eigenvalue weighted by Crippen LogP contribution is -2.22. The van der Waals surface area contributed by atoms with Crippen molar-refractivity contribution in [1.29, 1.82) is 0 Å². The van der Waals surface area contributed by atoms with Gasteiger partial charge in [0.25, 0.3) is 11.5 Å². The Morgan fingerprint density at radius 1 is 1.27 bits per heavy atom. The van der Waals surface area contributed by atoms with Crippen molar-refractivity contribution < 1.29 is 4.79 Å². The molecule has 22 heavy (non-hydrogen) atoms. The number of carbonyl (C=O) groups is 1. The number of aryl methyl sites for hydroxylation is 1. The van der Waals surface area contributed by atoms with Gasteiger partial charge in [-0.2, -0.15) is 0 Å². The zero-order valence-corrected chi connectivity index (χ0v) is 12.2. The van der Waals surface area contributed by atoms with Crippen LogP contribution in [-0.2, 0) is 0 Å². The first-order valence-corrected chi connectivity index (χ1v) is 7.10. The van der Waals surface area contributed by atoms with Crippen molar-refractivity contribution in [1.82, 2.24) is 20.2 Å². The highest BCUT2D eigenvalue weighted by molar-refractivity contribution is 6.01. The third-order valence-electron chi connectivity index (χ3n) is 3.41. The number of nitrogens with one attached hydrogen (secondary N) is 2. The van der Waals surface area contributed by atoms with Crippen LogP contribution in [0.15, 0.2) is 23.0 Å². The van der Waals surface area contributed by atoms with Crippen molar-refractivity contribution >= 4 is 17.7 Å². The molecule has 2 aromatic heterocycles. The van der Waals surface area contributed by atoms with Crippen LogP contribution in [0.4, 0.5) is 11.8 Å². The zero-order chi connectivity index (χ0) is 15.5. The standard InChI is InChI=1S/C14H16N6O2/c1-9-8-12(21)16-14(15-9)17-13(22)10-4-5-11(19-18-10)20-6-2-3-7-20/h4-5,8H,2-3,6-7H2,1H3,(H2,15,16,17,21,22). The minimum Gasteiger partial charge on any atom is -0.355 e. The number of rotatable bonds is 3. The van der Waals surface area contributed by atoms with Crippen LogP contribution in [0.25, 0.3) is 0 Å². The zero-order valence-electron chi connectivity index (χ0n) is 12.2. The van der Waals surface area contributed by atoms with E-state index < -0.39 is 5.91 Å². The minimum absolute atomic E-state index is 0.0976. The van der Waals surface area contributed by atoms with Crippen LogP contribution in [0.5, 0.6) is 0 Å². The number of carbonyl (C=O) groups excluding carboxylic acids is 1. The maximum Gasteiger partial charge on any atom is 0.278 e. The summed E-state index contributed by atoms with van der Waals surface area (Å²) < 4.78 is 0. The third-order valence-corrected chi connectivity index (χ3v) is 3.41. The van der Waals surface area contributed by atoms with Gasteiger partial charge in [0.05, 0.1) is 0 Å². The van der Waals surface area contributed by atoms with E-state index in [1.165, 1.54) is 6.07 Å². The Kier molecular flexibility index (Phi) is 3.82. The van der Waals surface area contributed by atoms with Gasteiger partial charge in [-0.05, 0) is 31.9 Å². The molecule has 2 N–H and O–H groups in total. The average Bonchev–Trinajstić information content (AvgIpc) is 3.00. The van der Waals surface area contributed by atoms with Crippen LogP contribution in [-0.4, -0.2) is 39.2 Å².